The summed E-state index contributed by atoms with van der Waals surface area (Å²) in [4.78, 5) is 25.0. The van der Waals surface area contributed by atoms with E-state index in [-0.39, 0.29) is 42.3 Å². The number of hydrogen-bond donors (Lipinski definition) is 0. The van der Waals surface area contributed by atoms with Crippen molar-refractivity contribution in [2.24, 2.45) is 0 Å². The molecule has 3 rings (SSSR count). The van der Waals surface area contributed by atoms with E-state index in [1.54, 1.807) is 18.2 Å². The molecule has 2 aromatic carbocycles. The number of nitro groups is 1. The molecule has 8 nitrogen and oxygen atoms in total. The predicted molar refractivity (Wildman–Crippen MR) is 113 cm³/mol. The number of piperazine rings is 1. The van der Waals surface area contributed by atoms with Gasteiger partial charge < -0.3 is 4.90 Å². The highest BCUT2D eigenvalue weighted by atomic mass is 32.2. The van der Waals surface area contributed by atoms with E-state index in [1.807, 2.05) is 12.1 Å². The number of nitro benzene ring substituents is 1. The van der Waals surface area contributed by atoms with Gasteiger partial charge in [-0.25, -0.2) is 8.42 Å². The first-order valence-electron chi connectivity index (χ1n) is 9.88. The molecular weight excluding hydrogens is 406 g/mol. The molecule has 1 saturated heterocycles. The van der Waals surface area contributed by atoms with E-state index < -0.39 is 20.9 Å². The van der Waals surface area contributed by atoms with Crippen molar-refractivity contribution < 1.29 is 18.1 Å². The van der Waals surface area contributed by atoms with Gasteiger partial charge in [-0.1, -0.05) is 38.1 Å². The second-order valence-corrected chi connectivity index (χ2v) is 9.29. The maximum absolute atomic E-state index is 13.0. The molecule has 160 valence electrons. The molecule has 1 heterocycles. The Balaban J connectivity index is 1.70. The molecule has 0 N–H and O–H groups in total. The summed E-state index contributed by atoms with van der Waals surface area (Å²) < 4.78 is 27.3. The Hall–Kier alpha value is -2.78. The van der Waals surface area contributed by atoms with Crippen LogP contribution in [0.15, 0.2) is 53.4 Å². The van der Waals surface area contributed by atoms with Crippen LogP contribution in [-0.4, -0.2) is 54.6 Å². The molecule has 0 bridgehead atoms. The number of nitrogens with zero attached hydrogens (tertiary/aromatic N) is 3. The summed E-state index contributed by atoms with van der Waals surface area (Å²) >= 11 is 0. The van der Waals surface area contributed by atoms with Crippen LogP contribution >= 0.6 is 0 Å². The summed E-state index contributed by atoms with van der Waals surface area (Å²) in [7, 11) is -3.66. The summed E-state index contributed by atoms with van der Waals surface area (Å²) in [6.45, 7) is 4.81. The Morgan fingerprint density at radius 2 is 1.67 bits per heavy atom. The molecule has 1 aliphatic heterocycles. The maximum atomic E-state index is 13.0. The summed E-state index contributed by atoms with van der Waals surface area (Å²) in [5.74, 6) is -0.101. The van der Waals surface area contributed by atoms with Gasteiger partial charge in [0.1, 0.15) is 5.56 Å². The third-order valence-electron chi connectivity index (χ3n) is 5.56. The summed E-state index contributed by atoms with van der Waals surface area (Å²) in [5, 5.41) is 11.2. The molecule has 1 amide bonds. The molecular formula is C21H25N3O5S. The lowest BCUT2D eigenvalue weighted by molar-refractivity contribution is -0.385. The normalized spacial score (nSPS) is 16.3. The Labute approximate surface area is 176 Å². The number of amides is 1. The molecule has 0 aromatic heterocycles. The number of carbonyl (C=O) groups excluding carboxylic acids is 1. The van der Waals surface area contributed by atoms with E-state index in [1.165, 1.54) is 27.4 Å². The van der Waals surface area contributed by atoms with Crippen LogP contribution in [0.2, 0.25) is 0 Å². The van der Waals surface area contributed by atoms with E-state index in [9.17, 15) is 23.3 Å². The zero-order chi connectivity index (χ0) is 21.9. The van der Waals surface area contributed by atoms with Crippen molar-refractivity contribution in [3.63, 3.8) is 0 Å². The molecule has 1 unspecified atom stereocenters. The smallest absolute Gasteiger partial charge is 0.282 e. The van der Waals surface area contributed by atoms with Gasteiger partial charge in [-0.3, -0.25) is 14.9 Å². The van der Waals surface area contributed by atoms with Gasteiger partial charge in [0, 0.05) is 32.2 Å². The quantitative estimate of drug-likeness (QED) is 0.516. The highest BCUT2D eigenvalue weighted by molar-refractivity contribution is 7.89. The van der Waals surface area contributed by atoms with Crippen LogP contribution in [-0.2, 0) is 10.0 Å². The number of sulfonamides is 1. The molecule has 1 aliphatic rings. The SMILES string of the molecule is CCC(C)c1ccc(S(=O)(=O)N2CCN(C(=O)c3ccccc3[N+](=O)[O-])CC2)cc1. The number of para-hydroxylation sites is 1. The molecule has 0 spiro atoms. The molecule has 1 fully saturated rings. The van der Waals surface area contributed by atoms with Crippen LogP contribution < -0.4 is 0 Å². The van der Waals surface area contributed by atoms with Crippen molar-refractivity contribution in [1.82, 2.24) is 9.21 Å². The lowest BCUT2D eigenvalue weighted by Gasteiger charge is -2.34. The molecule has 0 radical (unpaired) electrons. The van der Waals surface area contributed by atoms with Crippen LogP contribution in [0.25, 0.3) is 0 Å². The molecule has 2 aromatic rings. The predicted octanol–water partition coefficient (Wildman–Crippen LogP) is 3.26. The van der Waals surface area contributed by atoms with Gasteiger partial charge in [0.2, 0.25) is 10.0 Å². The zero-order valence-electron chi connectivity index (χ0n) is 17.0. The van der Waals surface area contributed by atoms with Gasteiger partial charge in [0.25, 0.3) is 11.6 Å². The minimum atomic E-state index is -3.66. The monoisotopic (exact) mass is 431 g/mol. The van der Waals surface area contributed by atoms with Crippen LogP contribution in [0.3, 0.4) is 0 Å². The van der Waals surface area contributed by atoms with Crippen molar-refractivity contribution in [2.45, 2.75) is 31.1 Å². The van der Waals surface area contributed by atoms with Gasteiger partial charge in [0.15, 0.2) is 0 Å². The molecule has 9 heteroatoms. The minimum Gasteiger partial charge on any atom is -0.336 e. The Kier molecular flexibility index (Phi) is 6.52. The van der Waals surface area contributed by atoms with E-state index in [2.05, 4.69) is 13.8 Å². The fraction of sp³-hybridized carbons (Fsp3) is 0.381. The first-order chi connectivity index (χ1) is 14.3. The topological polar surface area (TPSA) is 101 Å². The third-order valence-corrected chi connectivity index (χ3v) is 7.47. The Morgan fingerprint density at radius 1 is 1.07 bits per heavy atom. The average Bonchev–Trinajstić information content (AvgIpc) is 2.78. The maximum Gasteiger partial charge on any atom is 0.282 e. The van der Waals surface area contributed by atoms with Gasteiger partial charge >= 0.3 is 0 Å². The van der Waals surface area contributed by atoms with Crippen molar-refractivity contribution in [1.29, 1.82) is 0 Å². The van der Waals surface area contributed by atoms with Crippen LogP contribution in [0.5, 0.6) is 0 Å². The summed E-state index contributed by atoms with van der Waals surface area (Å²) in [6, 6.07) is 12.7. The number of rotatable bonds is 6. The summed E-state index contributed by atoms with van der Waals surface area (Å²) in [6.07, 6.45) is 0.974. The Bertz CT molecular complexity index is 1030. The van der Waals surface area contributed by atoms with Crippen LogP contribution in [0.1, 0.15) is 42.1 Å². The van der Waals surface area contributed by atoms with Crippen LogP contribution in [0, 0.1) is 10.1 Å². The largest absolute Gasteiger partial charge is 0.336 e. The second-order valence-electron chi connectivity index (χ2n) is 7.35. The third kappa shape index (κ3) is 4.36. The lowest BCUT2D eigenvalue weighted by Crippen LogP contribution is -2.50. The number of carbonyl (C=O) groups is 1. The highest BCUT2D eigenvalue weighted by Gasteiger charge is 2.32. The molecule has 1 atom stereocenters. The van der Waals surface area contributed by atoms with Gasteiger partial charge in [-0.15, -0.1) is 0 Å². The van der Waals surface area contributed by atoms with Crippen molar-refractivity contribution in [3.8, 4) is 0 Å². The molecule has 0 aliphatic carbocycles. The van der Waals surface area contributed by atoms with Gasteiger partial charge in [0.05, 0.1) is 9.82 Å². The standard InChI is InChI=1S/C21H25N3O5S/c1-3-16(2)17-8-10-18(11-9-17)30(28,29)23-14-12-22(13-15-23)21(25)19-6-4-5-7-20(19)24(26)27/h4-11,16H,3,12-15H2,1-2H3. The molecule has 30 heavy (non-hydrogen) atoms. The van der Waals surface area contributed by atoms with Gasteiger partial charge in [-0.2, -0.15) is 4.31 Å². The number of hydrogen-bond acceptors (Lipinski definition) is 5. The zero-order valence-corrected chi connectivity index (χ0v) is 17.8. The highest BCUT2D eigenvalue weighted by Crippen LogP contribution is 2.24. The lowest BCUT2D eigenvalue weighted by atomic mass is 9.99. The fourth-order valence-electron chi connectivity index (χ4n) is 3.47. The van der Waals surface area contributed by atoms with Gasteiger partial charge in [-0.05, 0) is 36.1 Å². The number of benzene rings is 2. The van der Waals surface area contributed by atoms with Crippen LogP contribution in [0.4, 0.5) is 5.69 Å². The Morgan fingerprint density at radius 3 is 2.23 bits per heavy atom. The van der Waals surface area contributed by atoms with E-state index in [0.29, 0.717) is 5.92 Å². The minimum absolute atomic E-state index is 0.0134. The van der Waals surface area contributed by atoms with Crippen molar-refractivity contribution in [3.05, 3.63) is 69.8 Å². The first-order valence-corrected chi connectivity index (χ1v) is 11.3. The molecule has 0 saturated carbocycles. The summed E-state index contributed by atoms with van der Waals surface area (Å²) in [5.41, 5.74) is 0.856. The van der Waals surface area contributed by atoms with E-state index >= 15 is 0 Å². The van der Waals surface area contributed by atoms with E-state index in [0.717, 1.165) is 12.0 Å². The average molecular weight is 432 g/mol. The van der Waals surface area contributed by atoms with E-state index in [4.69, 9.17) is 0 Å². The fourth-order valence-corrected chi connectivity index (χ4v) is 4.89. The first kappa shape index (κ1) is 21.9. The second kappa shape index (κ2) is 8.93. The van der Waals surface area contributed by atoms with Crippen molar-refractivity contribution in [2.75, 3.05) is 26.2 Å². The van der Waals surface area contributed by atoms with Crippen molar-refractivity contribution >= 4 is 21.6 Å².